The Kier molecular flexibility index (Phi) is 3.65. The number of anilines is 1. The summed E-state index contributed by atoms with van der Waals surface area (Å²) in [6.45, 7) is 1.88. The van der Waals surface area contributed by atoms with Gasteiger partial charge in [-0.05, 0) is 36.2 Å². The van der Waals surface area contributed by atoms with Crippen molar-refractivity contribution in [2.24, 2.45) is 0 Å². The van der Waals surface area contributed by atoms with E-state index >= 15 is 0 Å². The monoisotopic (exact) mass is 279 g/mol. The van der Waals surface area contributed by atoms with E-state index in [1.54, 1.807) is 12.3 Å². The van der Waals surface area contributed by atoms with Crippen LogP contribution in [0.25, 0.3) is 0 Å². The van der Waals surface area contributed by atoms with Gasteiger partial charge < -0.3 is 14.8 Å². The number of furan rings is 1. The number of rotatable bonds is 4. The van der Waals surface area contributed by atoms with Gasteiger partial charge in [0, 0.05) is 11.8 Å². The molecule has 0 radical (unpaired) electrons. The Morgan fingerprint density at radius 3 is 2.48 bits per heavy atom. The van der Waals surface area contributed by atoms with Crippen LogP contribution in [0.2, 0.25) is 0 Å². The predicted octanol–water partition coefficient (Wildman–Crippen LogP) is 4.50. The average molecular weight is 279 g/mol. The molecule has 3 aromatic rings. The summed E-state index contributed by atoms with van der Waals surface area (Å²) < 4.78 is 5.55. The average Bonchev–Trinajstić information content (AvgIpc) is 3.03. The summed E-state index contributed by atoms with van der Waals surface area (Å²) in [6, 6.07) is 19.4. The summed E-state index contributed by atoms with van der Waals surface area (Å²) in [7, 11) is 0. The molecule has 1 heterocycles. The summed E-state index contributed by atoms with van der Waals surface area (Å²) in [5.41, 5.74) is 2.81. The molecule has 0 fully saturated rings. The standard InChI is InChI=1S/C18H17NO2/c1-13-9-10-15(12-16(13)20)19-18(17-8-5-11-21-17)14-6-3-2-4-7-14/h2-12,18-20H,1H3. The molecule has 3 nitrogen and oxygen atoms in total. The zero-order valence-electron chi connectivity index (χ0n) is 11.8. The van der Waals surface area contributed by atoms with Gasteiger partial charge >= 0.3 is 0 Å². The highest BCUT2D eigenvalue weighted by atomic mass is 16.3. The normalized spacial score (nSPS) is 12.0. The third-order valence-corrected chi connectivity index (χ3v) is 3.48. The molecule has 1 unspecified atom stereocenters. The zero-order valence-corrected chi connectivity index (χ0v) is 11.8. The number of hydrogen-bond donors (Lipinski definition) is 2. The molecular weight excluding hydrogens is 262 g/mol. The number of benzene rings is 2. The molecule has 2 aromatic carbocycles. The molecule has 0 bridgehead atoms. The van der Waals surface area contributed by atoms with E-state index in [1.807, 2.05) is 61.5 Å². The molecule has 2 N–H and O–H groups in total. The third kappa shape index (κ3) is 2.92. The summed E-state index contributed by atoms with van der Waals surface area (Å²) in [5.74, 6) is 1.12. The largest absolute Gasteiger partial charge is 0.508 e. The Morgan fingerprint density at radius 1 is 1.00 bits per heavy atom. The molecule has 21 heavy (non-hydrogen) atoms. The Morgan fingerprint density at radius 2 is 1.81 bits per heavy atom. The second-order valence-corrected chi connectivity index (χ2v) is 5.00. The van der Waals surface area contributed by atoms with Gasteiger partial charge in [-0.25, -0.2) is 0 Å². The smallest absolute Gasteiger partial charge is 0.130 e. The molecule has 0 saturated carbocycles. The molecular formula is C18H17NO2. The van der Waals surface area contributed by atoms with E-state index in [9.17, 15) is 5.11 Å². The topological polar surface area (TPSA) is 45.4 Å². The van der Waals surface area contributed by atoms with Crippen LogP contribution in [0.1, 0.15) is 22.9 Å². The maximum Gasteiger partial charge on any atom is 0.130 e. The number of phenols is 1. The van der Waals surface area contributed by atoms with Crippen LogP contribution in [0, 0.1) is 6.92 Å². The molecule has 0 aliphatic heterocycles. The van der Waals surface area contributed by atoms with Crippen molar-refractivity contribution in [3.8, 4) is 5.75 Å². The molecule has 0 spiro atoms. The Bertz CT molecular complexity index is 705. The van der Waals surface area contributed by atoms with Gasteiger partial charge in [0.1, 0.15) is 17.6 Å². The lowest BCUT2D eigenvalue weighted by atomic mass is 10.0. The molecule has 3 heteroatoms. The Balaban J connectivity index is 1.95. The van der Waals surface area contributed by atoms with Crippen molar-refractivity contribution in [1.82, 2.24) is 0 Å². The van der Waals surface area contributed by atoms with Crippen molar-refractivity contribution >= 4 is 5.69 Å². The van der Waals surface area contributed by atoms with Crippen LogP contribution >= 0.6 is 0 Å². The number of hydrogen-bond acceptors (Lipinski definition) is 3. The minimum atomic E-state index is -0.0942. The lowest BCUT2D eigenvalue weighted by Crippen LogP contribution is -2.11. The van der Waals surface area contributed by atoms with Crippen LogP contribution in [-0.2, 0) is 0 Å². The number of nitrogens with one attached hydrogen (secondary N) is 1. The molecule has 0 amide bonds. The van der Waals surface area contributed by atoms with Crippen molar-refractivity contribution in [2.45, 2.75) is 13.0 Å². The second-order valence-electron chi connectivity index (χ2n) is 5.00. The van der Waals surface area contributed by atoms with Crippen molar-refractivity contribution in [3.05, 3.63) is 83.8 Å². The van der Waals surface area contributed by atoms with Gasteiger partial charge in [0.15, 0.2) is 0 Å². The van der Waals surface area contributed by atoms with Crippen LogP contribution in [0.5, 0.6) is 5.75 Å². The minimum Gasteiger partial charge on any atom is -0.508 e. The van der Waals surface area contributed by atoms with Crippen LogP contribution in [0.4, 0.5) is 5.69 Å². The van der Waals surface area contributed by atoms with Crippen molar-refractivity contribution < 1.29 is 9.52 Å². The van der Waals surface area contributed by atoms with Gasteiger partial charge in [0.05, 0.1) is 6.26 Å². The highest BCUT2D eigenvalue weighted by molar-refractivity contribution is 5.53. The Hall–Kier alpha value is -2.68. The first-order valence-electron chi connectivity index (χ1n) is 6.88. The molecule has 1 aromatic heterocycles. The number of phenolic OH excluding ortho intramolecular Hbond substituents is 1. The maximum absolute atomic E-state index is 9.85. The lowest BCUT2D eigenvalue weighted by molar-refractivity contribution is 0.471. The van der Waals surface area contributed by atoms with Crippen molar-refractivity contribution in [3.63, 3.8) is 0 Å². The van der Waals surface area contributed by atoms with E-state index in [-0.39, 0.29) is 11.8 Å². The molecule has 0 aliphatic rings. The fraction of sp³-hybridized carbons (Fsp3) is 0.111. The van der Waals surface area contributed by atoms with E-state index in [1.165, 1.54) is 0 Å². The summed E-state index contributed by atoms with van der Waals surface area (Å²) in [6.07, 6.45) is 1.67. The second kappa shape index (κ2) is 5.75. The molecule has 106 valence electrons. The first-order valence-corrected chi connectivity index (χ1v) is 6.88. The van der Waals surface area contributed by atoms with E-state index in [4.69, 9.17) is 4.42 Å². The first-order chi connectivity index (χ1) is 10.2. The minimum absolute atomic E-state index is 0.0942. The van der Waals surface area contributed by atoms with Gasteiger partial charge in [-0.3, -0.25) is 0 Å². The predicted molar refractivity (Wildman–Crippen MR) is 83.5 cm³/mol. The number of aryl methyl sites for hydroxylation is 1. The van der Waals surface area contributed by atoms with Crippen molar-refractivity contribution in [1.29, 1.82) is 0 Å². The molecule has 0 saturated heterocycles. The molecule has 0 aliphatic carbocycles. The van der Waals surface area contributed by atoms with Crippen LogP contribution in [0.3, 0.4) is 0 Å². The highest BCUT2D eigenvalue weighted by Gasteiger charge is 2.16. The van der Waals surface area contributed by atoms with E-state index in [0.29, 0.717) is 0 Å². The van der Waals surface area contributed by atoms with Gasteiger partial charge in [0.2, 0.25) is 0 Å². The third-order valence-electron chi connectivity index (χ3n) is 3.48. The zero-order chi connectivity index (χ0) is 14.7. The van der Waals surface area contributed by atoms with Crippen LogP contribution in [-0.4, -0.2) is 5.11 Å². The van der Waals surface area contributed by atoms with Gasteiger partial charge in [-0.15, -0.1) is 0 Å². The van der Waals surface area contributed by atoms with Gasteiger partial charge in [-0.2, -0.15) is 0 Å². The van der Waals surface area contributed by atoms with Crippen LogP contribution in [0.15, 0.2) is 71.3 Å². The summed E-state index contributed by atoms with van der Waals surface area (Å²) in [5, 5.41) is 13.3. The van der Waals surface area contributed by atoms with E-state index in [0.717, 1.165) is 22.6 Å². The van der Waals surface area contributed by atoms with Gasteiger partial charge in [0.25, 0.3) is 0 Å². The fourth-order valence-electron chi connectivity index (χ4n) is 2.29. The molecule has 3 rings (SSSR count). The first kappa shape index (κ1) is 13.3. The number of aromatic hydroxyl groups is 1. The van der Waals surface area contributed by atoms with Gasteiger partial charge in [-0.1, -0.05) is 36.4 Å². The maximum atomic E-state index is 9.85. The van der Waals surface area contributed by atoms with E-state index < -0.39 is 0 Å². The lowest BCUT2D eigenvalue weighted by Gasteiger charge is -2.19. The molecule has 1 atom stereocenters. The fourth-order valence-corrected chi connectivity index (χ4v) is 2.29. The summed E-state index contributed by atoms with van der Waals surface area (Å²) in [4.78, 5) is 0. The summed E-state index contributed by atoms with van der Waals surface area (Å²) >= 11 is 0. The quantitative estimate of drug-likeness (QED) is 0.739. The van der Waals surface area contributed by atoms with Crippen molar-refractivity contribution in [2.75, 3.05) is 5.32 Å². The Labute approximate surface area is 123 Å². The highest BCUT2D eigenvalue weighted by Crippen LogP contribution is 2.29. The van der Waals surface area contributed by atoms with Crippen LogP contribution < -0.4 is 5.32 Å². The SMILES string of the molecule is Cc1ccc(NC(c2ccccc2)c2ccco2)cc1O. The van der Waals surface area contributed by atoms with E-state index in [2.05, 4.69) is 5.32 Å².